The molecule has 0 saturated heterocycles. The molecule has 1 aliphatic rings. The molecule has 7 heteroatoms. The van der Waals surface area contributed by atoms with E-state index in [1.165, 1.54) is 0 Å². The van der Waals surface area contributed by atoms with Crippen LogP contribution in [0.4, 0.5) is 5.69 Å². The molecule has 3 aromatic rings. The van der Waals surface area contributed by atoms with Gasteiger partial charge < -0.3 is 9.32 Å². The molecule has 1 aromatic heterocycles. The number of amides is 1. The monoisotopic (exact) mass is 427 g/mol. The molecule has 1 amide bonds. The summed E-state index contributed by atoms with van der Waals surface area (Å²) < 4.78 is 30.8. The Morgan fingerprint density at radius 3 is 2.59 bits per heavy atom. The lowest BCUT2D eigenvalue weighted by atomic mass is 10.2. The van der Waals surface area contributed by atoms with Gasteiger partial charge in [-0.3, -0.25) is 4.79 Å². The van der Waals surface area contributed by atoms with Crippen LogP contribution in [0.3, 0.4) is 0 Å². The van der Waals surface area contributed by atoms with Gasteiger partial charge in [0.15, 0.2) is 15.6 Å². The van der Waals surface area contributed by atoms with Gasteiger partial charge in [-0.25, -0.2) is 8.42 Å². The van der Waals surface area contributed by atoms with Gasteiger partial charge in [0.2, 0.25) is 0 Å². The molecule has 0 aliphatic carbocycles. The number of para-hydroxylation sites is 1. The first-order valence-electron chi connectivity index (χ1n) is 9.38. The van der Waals surface area contributed by atoms with Crippen LogP contribution < -0.4 is 4.90 Å². The van der Waals surface area contributed by atoms with E-state index < -0.39 is 9.84 Å². The maximum Gasteiger partial charge on any atom is 0.294 e. The summed E-state index contributed by atoms with van der Waals surface area (Å²) in [7, 11) is -3.53. The molecule has 1 atom stereocenters. The van der Waals surface area contributed by atoms with Gasteiger partial charge in [-0.15, -0.1) is 11.8 Å². The summed E-state index contributed by atoms with van der Waals surface area (Å²) in [5.41, 5.74) is 0.863. The van der Waals surface area contributed by atoms with Crippen molar-refractivity contribution in [1.82, 2.24) is 0 Å². The Balaban J connectivity index is 1.58. The summed E-state index contributed by atoms with van der Waals surface area (Å²) in [6.45, 7) is 2.73. The van der Waals surface area contributed by atoms with Crippen molar-refractivity contribution in [3.63, 3.8) is 0 Å². The molecule has 1 unspecified atom stereocenters. The first-order valence-corrected chi connectivity index (χ1v) is 11.9. The number of nitrogens with zero attached hydrogens (tertiary/aromatic N) is 1. The van der Waals surface area contributed by atoms with Crippen LogP contribution in [0.25, 0.3) is 0 Å². The lowest BCUT2D eigenvalue weighted by Crippen LogP contribution is -2.32. The molecule has 0 N–H and O–H groups in total. The van der Waals surface area contributed by atoms with Gasteiger partial charge >= 0.3 is 0 Å². The van der Waals surface area contributed by atoms with Gasteiger partial charge in [-0.2, -0.15) is 0 Å². The molecule has 0 spiro atoms. The van der Waals surface area contributed by atoms with E-state index in [0.29, 0.717) is 11.8 Å². The Labute approximate surface area is 174 Å². The minimum atomic E-state index is -3.53. The Morgan fingerprint density at radius 2 is 1.79 bits per heavy atom. The van der Waals surface area contributed by atoms with Crippen LogP contribution >= 0.6 is 11.8 Å². The molecule has 0 saturated carbocycles. The van der Waals surface area contributed by atoms with E-state index in [9.17, 15) is 13.2 Å². The normalized spacial score (nSPS) is 16.9. The molecular weight excluding hydrogens is 406 g/mol. The number of carbonyl (C=O) groups is 1. The third-order valence-corrected chi connectivity index (χ3v) is 7.69. The van der Waals surface area contributed by atoms with Crippen molar-refractivity contribution in [2.45, 2.75) is 34.1 Å². The van der Waals surface area contributed by atoms with E-state index in [2.05, 4.69) is 6.92 Å². The first-order chi connectivity index (χ1) is 13.9. The van der Waals surface area contributed by atoms with E-state index in [4.69, 9.17) is 4.42 Å². The molecule has 0 bridgehead atoms. The zero-order valence-electron chi connectivity index (χ0n) is 15.9. The predicted octanol–water partition coefficient (Wildman–Crippen LogP) is 4.78. The molecule has 2 heterocycles. The standard InChI is InChI=1S/C22H21NO4S2/c1-16-13-14-23(19-9-5-6-10-21(19)28-16)22(24)20-12-11-17(27-20)15-29(25,26)18-7-3-2-4-8-18/h2-12,16H,13-15H2,1H3. The molecule has 29 heavy (non-hydrogen) atoms. The van der Waals surface area contributed by atoms with Gasteiger partial charge in [-0.1, -0.05) is 37.3 Å². The van der Waals surface area contributed by atoms with Crippen LogP contribution in [0.1, 0.15) is 29.7 Å². The maximum atomic E-state index is 13.1. The zero-order chi connectivity index (χ0) is 20.4. The van der Waals surface area contributed by atoms with E-state index in [-0.39, 0.29) is 28.1 Å². The van der Waals surface area contributed by atoms with E-state index >= 15 is 0 Å². The zero-order valence-corrected chi connectivity index (χ0v) is 17.6. The van der Waals surface area contributed by atoms with E-state index in [0.717, 1.165) is 17.0 Å². The van der Waals surface area contributed by atoms with Crippen LogP contribution in [-0.4, -0.2) is 26.1 Å². The first kappa shape index (κ1) is 19.8. The van der Waals surface area contributed by atoms with Crippen molar-refractivity contribution in [2.24, 2.45) is 0 Å². The van der Waals surface area contributed by atoms with Gasteiger partial charge in [0, 0.05) is 16.7 Å². The summed E-state index contributed by atoms with van der Waals surface area (Å²) in [6, 6.07) is 19.2. The van der Waals surface area contributed by atoms with Crippen molar-refractivity contribution in [3.8, 4) is 0 Å². The lowest BCUT2D eigenvalue weighted by Gasteiger charge is -2.21. The minimum Gasteiger partial charge on any atom is -0.455 e. The summed E-state index contributed by atoms with van der Waals surface area (Å²) in [5.74, 6) is -0.135. The smallest absolute Gasteiger partial charge is 0.294 e. The summed E-state index contributed by atoms with van der Waals surface area (Å²) in [4.78, 5) is 16.2. The molecule has 5 nitrogen and oxygen atoms in total. The fraction of sp³-hybridized carbons (Fsp3) is 0.227. The highest BCUT2D eigenvalue weighted by Gasteiger charge is 2.27. The highest BCUT2D eigenvalue weighted by atomic mass is 32.2. The van der Waals surface area contributed by atoms with Crippen molar-refractivity contribution < 1.29 is 17.6 Å². The van der Waals surface area contributed by atoms with E-state index in [1.807, 2.05) is 24.3 Å². The minimum absolute atomic E-state index is 0.151. The van der Waals surface area contributed by atoms with Crippen molar-refractivity contribution in [2.75, 3.05) is 11.4 Å². The number of fused-ring (bicyclic) bond motifs is 1. The second-order valence-corrected chi connectivity index (χ2v) is 10.4. The Morgan fingerprint density at radius 1 is 1.07 bits per heavy atom. The molecule has 1 aliphatic heterocycles. The third kappa shape index (κ3) is 4.26. The van der Waals surface area contributed by atoms with Crippen LogP contribution in [0.2, 0.25) is 0 Å². The molecule has 4 rings (SSSR count). The second kappa shape index (κ2) is 8.08. The van der Waals surface area contributed by atoms with Gasteiger partial charge in [-0.05, 0) is 42.8 Å². The predicted molar refractivity (Wildman–Crippen MR) is 114 cm³/mol. The lowest BCUT2D eigenvalue weighted by molar-refractivity contribution is 0.0958. The average Bonchev–Trinajstić information content (AvgIpc) is 3.10. The summed E-state index contributed by atoms with van der Waals surface area (Å²) in [5, 5.41) is 0.400. The van der Waals surface area contributed by atoms with Crippen molar-refractivity contribution >= 4 is 33.2 Å². The number of hydrogen-bond acceptors (Lipinski definition) is 5. The average molecular weight is 428 g/mol. The van der Waals surface area contributed by atoms with Crippen molar-refractivity contribution in [3.05, 3.63) is 78.3 Å². The number of carbonyl (C=O) groups excluding carboxylic acids is 1. The molecule has 2 aromatic carbocycles. The Kier molecular flexibility index (Phi) is 5.52. The van der Waals surface area contributed by atoms with Crippen LogP contribution in [0, 0.1) is 0 Å². The van der Waals surface area contributed by atoms with E-state index in [1.54, 1.807) is 59.1 Å². The quantitative estimate of drug-likeness (QED) is 0.599. The number of sulfone groups is 1. The van der Waals surface area contributed by atoms with Gasteiger partial charge in [0.1, 0.15) is 11.5 Å². The van der Waals surface area contributed by atoms with Crippen LogP contribution in [0.5, 0.6) is 0 Å². The fourth-order valence-electron chi connectivity index (χ4n) is 3.30. The summed E-state index contributed by atoms with van der Waals surface area (Å²) in [6.07, 6.45) is 0.862. The fourth-order valence-corrected chi connectivity index (χ4v) is 5.68. The largest absolute Gasteiger partial charge is 0.455 e. The highest BCUT2D eigenvalue weighted by Crippen LogP contribution is 2.38. The van der Waals surface area contributed by atoms with Gasteiger partial charge in [0.25, 0.3) is 5.91 Å². The van der Waals surface area contributed by atoms with Crippen LogP contribution in [0.15, 0.2) is 80.9 Å². The topological polar surface area (TPSA) is 67.6 Å². The molecular formula is C22H21NO4S2. The number of rotatable bonds is 4. The van der Waals surface area contributed by atoms with Crippen LogP contribution in [-0.2, 0) is 15.6 Å². The summed E-state index contributed by atoms with van der Waals surface area (Å²) >= 11 is 1.76. The van der Waals surface area contributed by atoms with Gasteiger partial charge in [0.05, 0.1) is 10.6 Å². The number of benzene rings is 2. The molecule has 0 radical (unpaired) electrons. The maximum absolute atomic E-state index is 13.1. The highest BCUT2D eigenvalue weighted by molar-refractivity contribution is 8.00. The number of hydrogen-bond donors (Lipinski definition) is 0. The second-order valence-electron chi connectivity index (χ2n) is 6.98. The SMILES string of the molecule is CC1CCN(C(=O)c2ccc(CS(=O)(=O)c3ccccc3)o2)c2ccccc2S1. The molecule has 150 valence electrons. The van der Waals surface area contributed by atoms with Crippen molar-refractivity contribution in [1.29, 1.82) is 0 Å². The Hall–Kier alpha value is -2.51. The number of furan rings is 1. The number of anilines is 1. The number of thioether (sulfide) groups is 1. The Bertz CT molecular complexity index is 1120. The molecule has 0 fully saturated rings. The third-order valence-electron chi connectivity index (χ3n) is 4.80.